The molecule has 1 aliphatic rings. The van der Waals surface area contributed by atoms with Gasteiger partial charge in [-0.05, 0) is 37.6 Å². The zero-order valence-corrected chi connectivity index (χ0v) is 16.1. The molecule has 1 aromatic heterocycles. The van der Waals surface area contributed by atoms with E-state index in [4.69, 9.17) is 4.74 Å². The first-order valence-corrected chi connectivity index (χ1v) is 10.8. The molecule has 2 atom stereocenters. The molecule has 140 valence electrons. The molecule has 1 aliphatic heterocycles. The Balaban J connectivity index is 1.58. The number of thioether (sulfide) groups is 1. The number of hydrogen-bond acceptors (Lipinski definition) is 7. The van der Waals surface area contributed by atoms with Gasteiger partial charge in [0.1, 0.15) is 5.75 Å². The summed E-state index contributed by atoms with van der Waals surface area (Å²) in [5.74, 6) is 1.28. The van der Waals surface area contributed by atoms with E-state index < -0.39 is 15.1 Å². The number of aromatic amines is 1. The van der Waals surface area contributed by atoms with E-state index in [0.29, 0.717) is 17.4 Å². The summed E-state index contributed by atoms with van der Waals surface area (Å²) in [5.41, 5.74) is 0.860. The maximum absolute atomic E-state index is 12.3. The summed E-state index contributed by atoms with van der Waals surface area (Å²) in [7, 11) is -1.42. The van der Waals surface area contributed by atoms with Gasteiger partial charge in [0.15, 0.2) is 15.7 Å². The Labute approximate surface area is 156 Å². The number of nitrogens with one attached hydrogen (secondary N) is 2. The molecule has 2 heterocycles. The number of ether oxygens (including phenoxy) is 1. The number of hydrogen-bond donors (Lipinski definition) is 2. The maximum Gasteiger partial charge on any atom is 0.233 e. The van der Waals surface area contributed by atoms with E-state index in [9.17, 15) is 13.2 Å². The molecule has 2 aromatic rings. The molecule has 1 amide bonds. The van der Waals surface area contributed by atoms with Crippen molar-refractivity contribution < 1.29 is 17.9 Å². The fourth-order valence-corrected chi connectivity index (χ4v) is 5.02. The Kier molecular flexibility index (Phi) is 5.52. The van der Waals surface area contributed by atoms with Crippen LogP contribution < -0.4 is 10.1 Å². The molecule has 3 rings (SSSR count). The molecule has 2 N–H and O–H groups in total. The summed E-state index contributed by atoms with van der Waals surface area (Å²) in [6.45, 7) is 1.74. The minimum Gasteiger partial charge on any atom is -0.497 e. The third-order valence-electron chi connectivity index (χ3n) is 4.06. The van der Waals surface area contributed by atoms with Gasteiger partial charge >= 0.3 is 0 Å². The Morgan fingerprint density at radius 1 is 1.38 bits per heavy atom. The number of amides is 1. The van der Waals surface area contributed by atoms with Gasteiger partial charge in [0.25, 0.3) is 0 Å². The van der Waals surface area contributed by atoms with Crippen LogP contribution in [0.3, 0.4) is 0 Å². The standard InChI is InChI=1S/C16H20N4O4S2/c1-10(15(21)17-12-7-8-26(22,23)9-12)25-16-18-14(19-20-16)11-3-5-13(24-2)6-4-11/h3-6,10,12H,7-9H2,1-2H3,(H,17,21)(H,18,19,20)/t10-,12-/m0/s1. The van der Waals surface area contributed by atoms with Crippen LogP contribution in [0.15, 0.2) is 29.4 Å². The largest absolute Gasteiger partial charge is 0.497 e. The maximum atomic E-state index is 12.3. The molecular weight excluding hydrogens is 376 g/mol. The van der Waals surface area contributed by atoms with Crippen molar-refractivity contribution in [2.24, 2.45) is 0 Å². The van der Waals surface area contributed by atoms with E-state index in [-0.39, 0.29) is 23.5 Å². The second kappa shape index (κ2) is 7.67. The summed E-state index contributed by atoms with van der Waals surface area (Å²) in [4.78, 5) is 16.6. The summed E-state index contributed by atoms with van der Waals surface area (Å²) in [5, 5.41) is 9.80. The molecule has 0 radical (unpaired) electrons. The number of methoxy groups -OCH3 is 1. The first-order chi connectivity index (χ1) is 12.4. The van der Waals surface area contributed by atoms with Gasteiger partial charge in [0, 0.05) is 11.6 Å². The number of sulfone groups is 1. The summed E-state index contributed by atoms with van der Waals surface area (Å²) >= 11 is 1.22. The highest BCUT2D eigenvalue weighted by Gasteiger charge is 2.30. The zero-order valence-electron chi connectivity index (χ0n) is 14.4. The van der Waals surface area contributed by atoms with Crippen molar-refractivity contribution in [3.05, 3.63) is 24.3 Å². The first-order valence-electron chi connectivity index (χ1n) is 8.10. The third kappa shape index (κ3) is 4.55. The van der Waals surface area contributed by atoms with E-state index in [2.05, 4.69) is 20.5 Å². The lowest BCUT2D eigenvalue weighted by atomic mass is 10.2. The molecule has 26 heavy (non-hydrogen) atoms. The normalized spacial score (nSPS) is 19.8. The van der Waals surface area contributed by atoms with E-state index in [1.54, 1.807) is 14.0 Å². The molecule has 0 aliphatic carbocycles. The number of H-pyrrole nitrogens is 1. The van der Waals surface area contributed by atoms with Crippen molar-refractivity contribution in [2.45, 2.75) is 29.8 Å². The quantitative estimate of drug-likeness (QED) is 0.707. The molecule has 1 saturated heterocycles. The summed E-state index contributed by atoms with van der Waals surface area (Å²) in [6.07, 6.45) is 0.466. The lowest BCUT2D eigenvalue weighted by Crippen LogP contribution is -2.39. The highest BCUT2D eigenvalue weighted by atomic mass is 32.2. The van der Waals surface area contributed by atoms with Crippen LogP contribution in [0.25, 0.3) is 11.4 Å². The van der Waals surface area contributed by atoms with Gasteiger partial charge in [-0.3, -0.25) is 9.89 Å². The van der Waals surface area contributed by atoms with Crippen LogP contribution >= 0.6 is 11.8 Å². The number of carbonyl (C=O) groups is 1. The summed E-state index contributed by atoms with van der Waals surface area (Å²) in [6, 6.07) is 7.08. The zero-order chi connectivity index (χ0) is 18.7. The van der Waals surface area contributed by atoms with Gasteiger partial charge in [-0.25, -0.2) is 13.4 Å². The average Bonchev–Trinajstić information content (AvgIpc) is 3.21. The Morgan fingerprint density at radius 2 is 2.12 bits per heavy atom. The summed E-state index contributed by atoms with van der Waals surface area (Å²) < 4.78 is 28.1. The smallest absolute Gasteiger partial charge is 0.233 e. The van der Waals surface area contributed by atoms with Crippen LogP contribution in [0.1, 0.15) is 13.3 Å². The number of aromatic nitrogens is 3. The Hall–Kier alpha value is -2.07. The highest BCUT2D eigenvalue weighted by molar-refractivity contribution is 8.00. The molecule has 0 saturated carbocycles. The fourth-order valence-electron chi connectivity index (χ4n) is 2.62. The number of carbonyl (C=O) groups excluding carboxylic acids is 1. The first kappa shape index (κ1) is 18.7. The van der Waals surface area contributed by atoms with Gasteiger partial charge in [0.05, 0.1) is 23.9 Å². The highest BCUT2D eigenvalue weighted by Crippen LogP contribution is 2.24. The molecule has 1 fully saturated rings. The molecule has 1 aromatic carbocycles. The van der Waals surface area contributed by atoms with Crippen LogP contribution in [0, 0.1) is 0 Å². The van der Waals surface area contributed by atoms with Crippen molar-refractivity contribution in [3.8, 4) is 17.1 Å². The topological polar surface area (TPSA) is 114 Å². The van der Waals surface area contributed by atoms with Crippen LogP contribution in [-0.2, 0) is 14.6 Å². The van der Waals surface area contributed by atoms with Crippen LogP contribution in [-0.4, -0.2) is 59.4 Å². The van der Waals surface area contributed by atoms with Crippen LogP contribution in [0.4, 0.5) is 0 Å². The molecule has 0 unspecified atom stereocenters. The molecular formula is C16H20N4O4S2. The lowest BCUT2D eigenvalue weighted by Gasteiger charge is -2.14. The van der Waals surface area contributed by atoms with E-state index >= 15 is 0 Å². The minimum absolute atomic E-state index is 0.0123. The van der Waals surface area contributed by atoms with E-state index in [1.165, 1.54) is 11.8 Å². The third-order valence-corrected chi connectivity index (χ3v) is 6.79. The lowest BCUT2D eigenvalue weighted by molar-refractivity contribution is -0.120. The van der Waals surface area contributed by atoms with Crippen LogP contribution in [0.5, 0.6) is 5.75 Å². The van der Waals surface area contributed by atoms with E-state index in [0.717, 1.165) is 11.3 Å². The Morgan fingerprint density at radius 3 is 2.73 bits per heavy atom. The van der Waals surface area contributed by atoms with Gasteiger partial charge in [-0.1, -0.05) is 11.8 Å². The monoisotopic (exact) mass is 396 g/mol. The number of nitrogens with zero attached hydrogens (tertiary/aromatic N) is 2. The predicted octanol–water partition coefficient (Wildman–Crippen LogP) is 1.26. The van der Waals surface area contributed by atoms with Crippen LogP contribution in [0.2, 0.25) is 0 Å². The Bertz CT molecular complexity index is 880. The van der Waals surface area contributed by atoms with Crippen molar-refractivity contribution in [1.82, 2.24) is 20.5 Å². The van der Waals surface area contributed by atoms with Crippen molar-refractivity contribution in [1.29, 1.82) is 0 Å². The predicted molar refractivity (Wildman–Crippen MR) is 98.9 cm³/mol. The molecule has 0 bridgehead atoms. The van der Waals surface area contributed by atoms with Gasteiger partial charge < -0.3 is 10.1 Å². The molecule has 0 spiro atoms. The van der Waals surface area contributed by atoms with E-state index in [1.807, 2.05) is 24.3 Å². The second-order valence-electron chi connectivity index (χ2n) is 6.06. The van der Waals surface area contributed by atoms with Gasteiger partial charge in [-0.2, -0.15) is 0 Å². The number of rotatable bonds is 6. The second-order valence-corrected chi connectivity index (χ2v) is 9.60. The minimum atomic E-state index is -3.02. The molecule has 10 heteroatoms. The van der Waals surface area contributed by atoms with Crippen molar-refractivity contribution in [2.75, 3.05) is 18.6 Å². The van der Waals surface area contributed by atoms with Crippen molar-refractivity contribution >= 4 is 27.5 Å². The molecule has 8 nitrogen and oxygen atoms in total. The average molecular weight is 396 g/mol. The SMILES string of the molecule is COc1ccc(-c2nc(S[C@@H](C)C(=O)N[C@H]3CCS(=O)(=O)C3)n[nH]2)cc1. The fraction of sp³-hybridized carbons (Fsp3) is 0.438. The van der Waals surface area contributed by atoms with Gasteiger partial charge in [-0.15, -0.1) is 5.10 Å². The van der Waals surface area contributed by atoms with Crippen molar-refractivity contribution in [3.63, 3.8) is 0 Å². The number of benzene rings is 1. The van der Waals surface area contributed by atoms with Gasteiger partial charge in [0.2, 0.25) is 11.1 Å².